The van der Waals surface area contributed by atoms with Gasteiger partial charge in [-0.1, -0.05) is 6.58 Å². The Labute approximate surface area is 57.2 Å². The van der Waals surface area contributed by atoms with Crippen molar-refractivity contribution in [1.29, 1.82) is 0 Å². The number of carboxylic acids is 1. The van der Waals surface area contributed by atoms with Crippen LogP contribution in [-0.4, -0.2) is 23.9 Å². The molecule has 0 aromatic heterocycles. The Balaban J connectivity index is 3.68. The van der Waals surface area contributed by atoms with E-state index in [4.69, 9.17) is 5.11 Å². The number of hydrogen-bond acceptors (Lipinski definition) is 1. The molecule has 0 aliphatic rings. The van der Waals surface area contributed by atoms with Gasteiger partial charge >= 0.3 is 5.97 Å². The average Bonchev–Trinajstić information content (AvgIpc) is 1.87. The van der Waals surface area contributed by atoms with Crippen LogP contribution in [0.3, 0.4) is 0 Å². The summed E-state index contributed by atoms with van der Waals surface area (Å²) >= 11 is 0. The summed E-state index contributed by atoms with van der Waals surface area (Å²) in [7, 11) is 0. The highest BCUT2D eigenvalue weighted by molar-refractivity contribution is 5.85. The molecular weight excluding hydrogens is 142 g/mol. The molecule has 1 unspecified atom stereocenters. The highest BCUT2D eigenvalue weighted by atomic mass is 19.2. The van der Waals surface area contributed by atoms with E-state index in [2.05, 4.69) is 6.58 Å². The minimum Gasteiger partial charge on any atom is -0.478 e. The molecular formula is C6H8F2O2. The van der Waals surface area contributed by atoms with Crippen LogP contribution in [-0.2, 0) is 4.79 Å². The van der Waals surface area contributed by atoms with Crippen molar-refractivity contribution >= 4 is 5.97 Å². The van der Waals surface area contributed by atoms with E-state index in [-0.39, 0.29) is 5.57 Å². The van der Waals surface area contributed by atoms with Crippen molar-refractivity contribution in [3.05, 3.63) is 12.2 Å². The second-order valence-electron chi connectivity index (χ2n) is 1.86. The second-order valence-corrected chi connectivity index (χ2v) is 1.86. The molecule has 0 aromatic carbocycles. The second kappa shape index (κ2) is 3.98. The lowest BCUT2D eigenvalue weighted by Gasteiger charge is -2.00. The molecule has 1 atom stereocenters. The van der Waals surface area contributed by atoms with Crippen molar-refractivity contribution in [2.24, 2.45) is 0 Å². The number of halogens is 2. The maximum atomic E-state index is 12.0. The highest BCUT2D eigenvalue weighted by Gasteiger charge is 2.11. The Morgan fingerprint density at radius 2 is 2.20 bits per heavy atom. The molecule has 0 saturated carbocycles. The van der Waals surface area contributed by atoms with Crippen LogP contribution in [0.1, 0.15) is 6.42 Å². The lowest BCUT2D eigenvalue weighted by atomic mass is 10.1. The van der Waals surface area contributed by atoms with Crippen LogP contribution in [0.4, 0.5) is 8.78 Å². The molecule has 0 amide bonds. The summed E-state index contributed by atoms with van der Waals surface area (Å²) < 4.78 is 23.4. The largest absolute Gasteiger partial charge is 0.478 e. The molecule has 0 aliphatic carbocycles. The smallest absolute Gasteiger partial charge is 0.331 e. The summed E-state index contributed by atoms with van der Waals surface area (Å²) in [5.41, 5.74) is -0.301. The number of hydrogen-bond donors (Lipinski definition) is 1. The normalized spacial score (nSPS) is 12.6. The number of rotatable bonds is 4. The minimum absolute atomic E-state index is 0.301. The third kappa shape index (κ3) is 3.17. The molecule has 1 N–H and O–H groups in total. The molecule has 0 bridgehead atoms. The fraction of sp³-hybridized carbons (Fsp3) is 0.500. The zero-order valence-corrected chi connectivity index (χ0v) is 5.31. The summed E-state index contributed by atoms with van der Waals surface area (Å²) in [6.07, 6.45) is -2.17. The van der Waals surface area contributed by atoms with Gasteiger partial charge in [-0.05, 0) is 0 Å². The molecule has 0 aromatic rings. The monoisotopic (exact) mass is 150 g/mol. The molecule has 0 rings (SSSR count). The standard InChI is InChI=1S/C6H8F2O2/c1-4(6(9)10)2-5(8)3-7/h5H,1-3H2,(H,9,10). The molecule has 4 heteroatoms. The molecule has 2 nitrogen and oxygen atoms in total. The summed E-state index contributed by atoms with van der Waals surface area (Å²) in [6.45, 7) is 1.88. The first-order valence-corrected chi connectivity index (χ1v) is 2.69. The van der Waals surface area contributed by atoms with Gasteiger partial charge in [-0.3, -0.25) is 0 Å². The molecule has 10 heavy (non-hydrogen) atoms. The predicted octanol–water partition coefficient (Wildman–Crippen LogP) is 1.32. The molecule has 0 fully saturated rings. The van der Waals surface area contributed by atoms with Gasteiger partial charge in [0.05, 0.1) is 0 Å². The quantitative estimate of drug-likeness (QED) is 0.614. The van der Waals surface area contributed by atoms with Crippen molar-refractivity contribution in [2.45, 2.75) is 12.6 Å². The number of carboxylic acid groups (broad SMARTS) is 1. The van der Waals surface area contributed by atoms with Crippen LogP contribution in [0.5, 0.6) is 0 Å². The van der Waals surface area contributed by atoms with E-state index in [0.717, 1.165) is 0 Å². The summed E-state index contributed by atoms with van der Waals surface area (Å²) in [5.74, 6) is -1.28. The van der Waals surface area contributed by atoms with Crippen molar-refractivity contribution < 1.29 is 18.7 Å². The van der Waals surface area contributed by atoms with Gasteiger partial charge in [-0.25, -0.2) is 13.6 Å². The van der Waals surface area contributed by atoms with Gasteiger partial charge in [0.1, 0.15) is 12.8 Å². The number of carbonyl (C=O) groups is 1. The Morgan fingerprint density at radius 3 is 2.50 bits per heavy atom. The SMILES string of the molecule is C=C(CC(F)CF)C(=O)O. The number of alkyl halides is 2. The van der Waals surface area contributed by atoms with Crippen LogP contribution < -0.4 is 0 Å². The van der Waals surface area contributed by atoms with Crippen molar-refractivity contribution in [1.82, 2.24) is 0 Å². The number of aliphatic carboxylic acids is 1. The lowest BCUT2D eigenvalue weighted by Crippen LogP contribution is -2.08. The van der Waals surface area contributed by atoms with E-state index in [1.54, 1.807) is 0 Å². The van der Waals surface area contributed by atoms with Crippen LogP contribution in [0.15, 0.2) is 12.2 Å². The third-order valence-electron chi connectivity index (χ3n) is 0.938. The Kier molecular flexibility index (Phi) is 3.61. The van der Waals surface area contributed by atoms with Gasteiger partial charge < -0.3 is 5.11 Å². The zero-order chi connectivity index (χ0) is 8.15. The van der Waals surface area contributed by atoms with Gasteiger partial charge in [0.2, 0.25) is 0 Å². The molecule has 0 aliphatic heterocycles. The predicted molar refractivity (Wildman–Crippen MR) is 32.3 cm³/mol. The van der Waals surface area contributed by atoms with E-state index in [9.17, 15) is 13.6 Å². The van der Waals surface area contributed by atoms with E-state index in [1.807, 2.05) is 0 Å². The van der Waals surface area contributed by atoms with Crippen molar-refractivity contribution in [2.75, 3.05) is 6.67 Å². The molecule has 0 spiro atoms. The Morgan fingerprint density at radius 1 is 1.70 bits per heavy atom. The molecule has 0 radical (unpaired) electrons. The molecule has 0 heterocycles. The zero-order valence-electron chi connectivity index (χ0n) is 5.31. The summed E-state index contributed by atoms with van der Waals surface area (Å²) in [6, 6.07) is 0. The summed E-state index contributed by atoms with van der Waals surface area (Å²) in [5, 5.41) is 8.14. The third-order valence-corrected chi connectivity index (χ3v) is 0.938. The Hall–Kier alpha value is -0.930. The average molecular weight is 150 g/mol. The summed E-state index contributed by atoms with van der Waals surface area (Å²) in [4.78, 5) is 9.96. The van der Waals surface area contributed by atoms with Gasteiger partial charge in [0, 0.05) is 12.0 Å². The highest BCUT2D eigenvalue weighted by Crippen LogP contribution is 2.06. The van der Waals surface area contributed by atoms with Gasteiger partial charge in [0.25, 0.3) is 0 Å². The van der Waals surface area contributed by atoms with Crippen LogP contribution >= 0.6 is 0 Å². The van der Waals surface area contributed by atoms with Crippen LogP contribution in [0.2, 0.25) is 0 Å². The van der Waals surface area contributed by atoms with Crippen LogP contribution in [0.25, 0.3) is 0 Å². The topological polar surface area (TPSA) is 37.3 Å². The van der Waals surface area contributed by atoms with Gasteiger partial charge in [0.15, 0.2) is 0 Å². The van der Waals surface area contributed by atoms with E-state index in [1.165, 1.54) is 0 Å². The minimum atomic E-state index is -1.73. The first kappa shape index (κ1) is 9.07. The van der Waals surface area contributed by atoms with Gasteiger partial charge in [-0.15, -0.1) is 0 Å². The van der Waals surface area contributed by atoms with Crippen molar-refractivity contribution in [3.63, 3.8) is 0 Å². The van der Waals surface area contributed by atoms with E-state index >= 15 is 0 Å². The van der Waals surface area contributed by atoms with E-state index < -0.39 is 25.2 Å². The molecule has 58 valence electrons. The first-order valence-electron chi connectivity index (χ1n) is 2.69. The fourth-order valence-corrected chi connectivity index (χ4v) is 0.409. The van der Waals surface area contributed by atoms with Crippen molar-refractivity contribution in [3.8, 4) is 0 Å². The fourth-order valence-electron chi connectivity index (χ4n) is 0.409. The van der Waals surface area contributed by atoms with Crippen LogP contribution in [0, 0.1) is 0 Å². The maximum absolute atomic E-state index is 12.0. The lowest BCUT2D eigenvalue weighted by molar-refractivity contribution is -0.132. The maximum Gasteiger partial charge on any atom is 0.331 e. The van der Waals surface area contributed by atoms with E-state index in [0.29, 0.717) is 0 Å². The Bertz CT molecular complexity index is 145. The van der Waals surface area contributed by atoms with Gasteiger partial charge in [-0.2, -0.15) is 0 Å². The first-order chi connectivity index (χ1) is 4.57. The molecule has 0 saturated heterocycles.